The zero-order valence-corrected chi connectivity index (χ0v) is 16.3. The maximum absolute atomic E-state index is 13.4. The van der Waals surface area contributed by atoms with Crippen LogP contribution in [0.15, 0.2) is 95.5 Å². The molecule has 0 spiro atoms. The normalized spacial score (nSPS) is 18.3. The molecule has 0 bridgehead atoms. The Morgan fingerprint density at radius 1 is 1.06 bits per heavy atom. The minimum Gasteiger partial charge on any atom is -0.508 e. The lowest BCUT2D eigenvalue weighted by Crippen LogP contribution is -2.25. The first-order valence-corrected chi connectivity index (χ1v) is 9.54. The van der Waals surface area contributed by atoms with E-state index in [1.165, 1.54) is 29.8 Å². The molecular weight excluding hydrogens is 407 g/mol. The highest BCUT2D eigenvalue weighted by molar-refractivity contribution is 6.32. The summed E-state index contributed by atoms with van der Waals surface area (Å²) in [6.45, 7) is 0.765. The third-order valence-electron chi connectivity index (χ3n) is 4.90. The first kappa shape index (κ1) is 20.5. The Balaban J connectivity index is 1.57. The molecule has 0 saturated carbocycles. The van der Waals surface area contributed by atoms with Gasteiger partial charge in [-0.15, -0.1) is 0 Å². The van der Waals surface area contributed by atoms with E-state index in [4.69, 9.17) is 0 Å². The molecule has 0 unspecified atom stereocenters. The summed E-state index contributed by atoms with van der Waals surface area (Å²) in [6, 6.07) is 15.7. The summed E-state index contributed by atoms with van der Waals surface area (Å²) in [7, 11) is 0. The third kappa shape index (κ3) is 4.23. The van der Waals surface area contributed by atoms with Crippen molar-refractivity contribution < 1.29 is 23.1 Å². The third-order valence-corrected chi connectivity index (χ3v) is 4.90. The number of fused-ring (bicyclic) bond motifs is 1. The molecule has 2 heterocycles. The van der Waals surface area contributed by atoms with Crippen LogP contribution in [0.4, 0.5) is 24.5 Å². The predicted octanol–water partition coefficient (Wildman–Crippen LogP) is 4.90. The molecule has 2 aliphatic rings. The van der Waals surface area contributed by atoms with E-state index in [-0.39, 0.29) is 5.69 Å². The maximum Gasteiger partial charge on any atom is 0.435 e. The summed E-state index contributed by atoms with van der Waals surface area (Å²) in [5.41, 5.74) is 0.379. The highest BCUT2D eigenvalue weighted by Crippen LogP contribution is 2.32. The van der Waals surface area contributed by atoms with Gasteiger partial charge < -0.3 is 10.0 Å². The Morgan fingerprint density at radius 3 is 2.52 bits per heavy atom. The lowest BCUT2D eigenvalue weighted by atomic mass is 10.1. The first-order valence-electron chi connectivity index (χ1n) is 9.54. The van der Waals surface area contributed by atoms with E-state index in [1.807, 2.05) is 29.2 Å². The minimum atomic E-state index is -4.85. The van der Waals surface area contributed by atoms with Crippen molar-refractivity contribution in [2.24, 2.45) is 5.10 Å². The molecule has 0 saturated heterocycles. The number of aliphatic hydroxyl groups excluding tert-OH is 1. The average Bonchev–Trinajstić information content (AvgIpc) is 3.30. The van der Waals surface area contributed by atoms with Gasteiger partial charge in [0.1, 0.15) is 5.76 Å². The highest BCUT2D eigenvalue weighted by atomic mass is 19.4. The smallest absolute Gasteiger partial charge is 0.435 e. The van der Waals surface area contributed by atoms with Gasteiger partial charge in [-0.25, -0.2) is 0 Å². The number of aliphatic hydroxyl groups is 1. The molecule has 0 radical (unpaired) electrons. The highest BCUT2D eigenvalue weighted by Gasteiger charge is 2.46. The van der Waals surface area contributed by atoms with E-state index < -0.39 is 29.1 Å². The molecule has 8 heteroatoms. The van der Waals surface area contributed by atoms with Crippen LogP contribution in [0.5, 0.6) is 0 Å². The van der Waals surface area contributed by atoms with Gasteiger partial charge in [-0.3, -0.25) is 4.79 Å². The summed E-state index contributed by atoms with van der Waals surface area (Å²) in [6.07, 6.45) is 1.31. The second-order valence-corrected chi connectivity index (χ2v) is 6.96. The SMILES string of the molecule is O=C1\C(=C/C(O)=C/C=C/N2CCc3ccccc32)C(C(F)(F)F)=NN1c1ccccc1. The molecule has 0 fully saturated rings. The van der Waals surface area contributed by atoms with Crippen molar-refractivity contribution >= 4 is 23.0 Å². The second-order valence-electron chi connectivity index (χ2n) is 6.96. The van der Waals surface area contributed by atoms with Crippen LogP contribution >= 0.6 is 0 Å². The molecule has 1 N–H and O–H groups in total. The van der Waals surface area contributed by atoms with E-state index >= 15 is 0 Å². The topological polar surface area (TPSA) is 56.1 Å². The Labute approximate surface area is 176 Å². The largest absolute Gasteiger partial charge is 0.508 e. The summed E-state index contributed by atoms with van der Waals surface area (Å²) >= 11 is 0. The summed E-state index contributed by atoms with van der Waals surface area (Å²) in [4.78, 5) is 14.6. The summed E-state index contributed by atoms with van der Waals surface area (Å²) < 4.78 is 40.3. The Bertz CT molecular complexity index is 1120. The van der Waals surface area contributed by atoms with Crippen LogP contribution in [0.2, 0.25) is 0 Å². The number of hydrogen-bond donors (Lipinski definition) is 1. The molecule has 2 aliphatic heterocycles. The number of para-hydroxylation sites is 2. The molecule has 0 atom stereocenters. The fraction of sp³-hybridized carbons (Fsp3) is 0.130. The van der Waals surface area contributed by atoms with Crippen LogP contribution in [-0.4, -0.2) is 29.4 Å². The number of anilines is 2. The number of amides is 1. The van der Waals surface area contributed by atoms with Crippen molar-refractivity contribution in [1.82, 2.24) is 0 Å². The molecular formula is C23H18F3N3O2. The van der Waals surface area contributed by atoms with Gasteiger partial charge in [0.05, 0.1) is 11.3 Å². The van der Waals surface area contributed by atoms with Gasteiger partial charge in [-0.05, 0) is 48.4 Å². The Morgan fingerprint density at radius 2 is 1.77 bits per heavy atom. The van der Waals surface area contributed by atoms with Gasteiger partial charge in [0, 0.05) is 18.4 Å². The van der Waals surface area contributed by atoms with E-state index in [0.29, 0.717) is 5.01 Å². The zero-order valence-electron chi connectivity index (χ0n) is 16.3. The molecule has 4 rings (SSSR count). The number of carbonyl (C=O) groups is 1. The Kier molecular flexibility index (Phi) is 5.37. The molecule has 2 aromatic rings. The minimum absolute atomic E-state index is 0.203. The van der Waals surface area contributed by atoms with Gasteiger partial charge in [-0.2, -0.15) is 23.3 Å². The standard InChI is InChI=1S/C23H18F3N3O2/c24-23(25,26)21-19(22(31)29(27-21)17-8-2-1-3-9-17)15-18(30)10-6-13-28-14-12-16-7-4-5-11-20(16)28/h1-11,13,15,30H,12,14H2/b13-6+,18-10-,19-15-. The van der Waals surface area contributed by atoms with E-state index in [2.05, 4.69) is 5.10 Å². The van der Waals surface area contributed by atoms with Crippen LogP contribution < -0.4 is 9.91 Å². The number of hydrogen-bond acceptors (Lipinski definition) is 4. The average molecular weight is 425 g/mol. The van der Waals surface area contributed by atoms with Crippen LogP contribution in [0, 0.1) is 0 Å². The van der Waals surface area contributed by atoms with Crippen molar-refractivity contribution in [3.63, 3.8) is 0 Å². The van der Waals surface area contributed by atoms with Crippen molar-refractivity contribution in [2.75, 3.05) is 16.5 Å². The summed E-state index contributed by atoms with van der Waals surface area (Å²) in [5, 5.41) is 14.3. The number of carbonyl (C=O) groups excluding carboxylic acids is 1. The van der Waals surface area contributed by atoms with E-state index in [9.17, 15) is 23.1 Å². The van der Waals surface area contributed by atoms with Gasteiger partial charge in [-0.1, -0.05) is 36.4 Å². The lowest BCUT2D eigenvalue weighted by Gasteiger charge is -2.12. The fourth-order valence-electron chi connectivity index (χ4n) is 3.46. The van der Waals surface area contributed by atoms with Crippen molar-refractivity contribution in [1.29, 1.82) is 0 Å². The molecule has 158 valence electrons. The Hall–Kier alpha value is -3.81. The van der Waals surface area contributed by atoms with Gasteiger partial charge >= 0.3 is 6.18 Å². The molecule has 31 heavy (non-hydrogen) atoms. The number of rotatable bonds is 4. The number of alkyl halides is 3. The predicted molar refractivity (Wildman–Crippen MR) is 113 cm³/mol. The van der Waals surface area contributed by atoms with Crippen molar-refractivity contribution in [2.45, 2.75) is 12.6 Å². The number of allylic oxidation sites excluding steroid dienone is 3. The van der Waals surface area contributed by atoms with Gasteiger partial charge in [0.25, 0.3) is 5.91 Å². The molecule has 1 amide bonds. The van der Waals surface area contributed by atoms with E-state index in [1.54, 1.807) is 24.4 Å². The molecule has 0 aliphatic carbocycles. The molecule has 5 nitrogen and oxygen atoms in total. The number of hydrazone groups is 1. The number of nitrogens with zero attached hydrogens (tertiary/aromatic N) is 3. The quantitative estimate of drug-likeness (QED) is 0.431. The maximum atomic E-state index is 13.4. The van der Waals surface area contributed by atoms with Gasteiger partial charge in [0.15, 0.2) is 5.71 Å². The zero-order chi connectivity index (χ0) is 22.0. The summed E-state index contributed by atoms with van der Waals surface area (Å²) in [5.74, 6) is -1.45. The van der Waals surface area contributed by atoms with Crippen LogP contribution in [0.25, 0.3) is 0 Å². The number of benzene rings is 2. The van der Waals surface area contributed by atoms with Gasteiger partial charge in [0.2, 0.25) is 0 Å². The second kappa shape index (κ2) is 8.14. The van der Waals surface area contributed by atoms with Crippen LogP contribution in [0.3, 0.4) is 0 Å². The van der Waals surface area contributed by atoms with Crippen molar-refractivity contribution in [3.05, 3.63) is 95.9 Å². The van der Waals surface area contributed by atoms with E-state index in [0.717, 1.165) is 24.7 Å². The molecule has 2 aromatic carbocycles. The van der Waals surface area contributed by atoms with Crippen LogP contribution in [0.1, 0.15) is 5.56 Å². The molecule has 0 aromatic heterocycles. The fourth-order valence-corrected chi connectivity index (χ4v) is 3.46. The number of halogens is 3. The monoisotopic (exact) mass is 425 g/mol. The van der Waals surface area contributed by atoms with Crippen molar-refractivity contribution in [3.8, 4) is 0 Å². The lowest BCUT2D eigenvalue weighted by molar-refractivity contribution is -0.114. The van der Waals surface area contributed by atoms with Crippen LogP contribution in [-0.2, 0) is 11.2 Å². The first-order chi connectivity index (χ1) is 14.8.